The highest BCUT2D eigenvalue weighted by molar-refractivity contribution is 5.69. The molecule has 1 aromatic heterocycles. The summed E-state index contributed by atoms with van der Waals surface area (Å²) in [4.78, 5) is 19.0. The molecule has 0 bridgehead atoms. The smallest absolute Gasteiger partial charge is 0.305 e. The molecule has 7 heteroatoms. The Kier molecular flexibility index (Phi) is 7.31. The van der Waals surface area contributed by atoms with Crippen LogP contribution in [0, 0.1) is 5.82 Å². The predicted molar refractivity (Wildman–Crippen MR) is 75.1 cm³/mol. The van der Waals surface area contributed by atoms with E-state index in [0.717, 1.165) is 19.2 Å². The molecule has 20 heavy (non-hydrogen) atoms. The van der Waals surface area contributed by atoms with Gasteiger partial charge >= 0.3 is 5.97 Å². The number of carbonyl (C=O) groups is 1. The van der Waals surface area contributed by atoms with E-state index in [-0.39, 0.29) is 11.8 Å². The summed E-state index contributed by atoms with van der Waals surface area (Å²) in [5.41, 5.74) is 0. The van der Waals surface area contributed by atoms with E-state index in [9.17, 15) is 9.18 Å². The number of ether oxygens (including phenoxy) is 1. The van der Waals surface area contributed by atoms with Crippen LogP contribution in [-0.4, -0.2) is 35.6 Å². The summed E-state index contributed by atoms with van der Waals surface area (Å²) < 4.78 is 18.3. The third kappa shape index (κ3) is 5.81. The average Bonchev–Trinajstić information content (AvgIpc) is 2.44. The van der Waals surface area contributed by atoms with Crippen molar-refractivity contribution in [3.05, 3.63) is 12.0 Å². The maximum absolute atomic E-state index is 13.5. The topological polar surface area (TPSA) is 76.1 Å². The van der Waals surface area contributed by atoms with Gasteiger partial charge in [-0.3, -0.25) is 4.79 Å². The van der Waals surface area contributed by atoms with Gasteiger partial charge in [0.15, 0.2) is 11.6 Å². The van der Waals surface area contributed by atoms with E-state index in [1.165, 1.54) is 0 Å². The largest absolute Gasteiger partial charge is 0.466 e. The molecule has 1 aromatic rings. The lowest BCUT2D eigenvalue weighted by atomic mass is 10.3. The summed E-state index contributed by atoms with van der Waals surface area (Å²) in [6.07, 6.45) is 2.91. The van der Waals surface area contributed by atoms with Crippen LogP contribution in [0.3, 0.4) is 0 Å². The van der Waals surface area contributed by atoms with Crippen molar-refractivity contribution in [2.45, 2.75) is 33.1 Å². The molecule has 0 amide bonds. The lowest BCUT2D eigenvalue weighted by Crippen LogP contribution is -2.12. The fourth-order valence-corrected chi connectivity index (χ4v) is 1.49. The molecule has 0 saturated heterocycles. The van der Waals surface area contributed by atoms with Crippen molar-refractivity contribution in [1.29, 1.82) is 0 Å². The van der Waals surface area contributed by atoms with E-state index in [1.807, 2.05) is 6.92 Å². The monoisotopic (exact) mass is 284 g/mol. The second-order valence-corrected chi connectivity index (χ2v) is 4.15. The molecule has 0 spiro atoms. The van der Waals surface area contributed by atoms with E-state index in [0.29, 0.717) is 31.9 Å². The molecule has 0 aromatic carbocycles. The van der Waals surface area contributed by atoms with Crippen LogP contribution < -0.4 is 10.6 Å². The number of carbonyl (C=O) groups excluding carboxylic acids is 1. The van der Waals surface area contributed by atoms with Crippen LogP contribution in [0.1, 0.15) is 33.1 Å². The van der Waals surface area contributed by atoms with Crippen molar-refractivity contribution in [1.82, 2.24) is 9.97 Å². The molecule has 1 heterocycles. The van der Waals surface area contributed by atoms with Gasteiger partial charge in [0.2, 0.25) is 5.95 Å². The molecule has 1 rings (SSSR count). The molecule has 112 valence electrons. The number of rotatable bonds is 9. The Morgan fingerprint density at radius 2 is 2.15 bits per heavy atom. The Labute approximate surface area is 118 Å². The van der Waals surface area contributed by atoms with Crippen molar-refractivity contribution in [3.63, 3.8) is 0 Å². The molecule has 0 aliphatic carbocycles. The number of hydrogen-bond acceptors (Lipinski definition) is 6. The van der Waals surface area contributed by atoms with Crippen molar-refractivity contribution in [2.24, 2.45) is 0 Å². The summed E-state index contributed by atoms with van der Waals surface area (Å²) in [5.74, 6) is -0.227. The standard InChI is InChI=1S/C13H21FN4O2/c1-3-7-16-13-17-9-10(14)12(18-13)15-8-5-6-11(19)20-4-2/h9H,3-8H2,1-2H3,(H2,15,16,17,18). The van der Waals surface area contributed by atoms with E-state index in [2.05, 4.69) is 20.6 Å². The highest BCUT2D eigenvalue weighted by Gasteiger charge is 2.07. The maximum atomic E-state index is 13.5. The van der Waals surface area contributed by atoms with Gasteiger partial charge in [-0.15, -0.1) is 0 Å². The van der Waals surface area contributed by atoms with Crippen LogP contribution in [0.25, 0.3) is 0 Å². The summed E-state index contributed by atoms with van der Waals surface area (Å²) in [7, 11) is 0. The minimum Gasteiger partial charge on any atom is -0.466 e. The minimum absolute atomic E-state index is 0.141. The molecular formula is C13H21FN4O2. The lowest BCUT2D eigenvalue weighted by molar-refractivity contribution is -0.143. The SMILES string of the molecule is CCCNc1ncc(F)c(NCCCC(=O)OCC)n1. The Morgan fingerprint density at radius 1 is 1.35 bits per heavy atom. The van der Waals surface area contributed by atoms with E-state index in [4.69, 9.17) is 4.74 Å². The van der Waals surface area contributed by atoms with Gasteiger partial charge in [0, 0.05) is 19.5 Å². The molecule has 0 fully saturated rings. The highest BCUT2D eigenvalue weighted by Crippen LogP contribution is 2.12. The Hall–Kier alpha value is -1.92. The highest BCUT2D eigenvalue weighted by atomic mass is 19.1. The van der Waals surface area contributed by atoms with Crippen molar-refractivity contribution in [2.75, 3.05) is 30.3 Å². The number of nitrogens with zero attached hydrogens (tertiary/aromatic N) is 2. The van der Waals surface area contributed by atoms with Gasteiger partial charge in [-0.2, -0.15) is 4.98 Å². The number of halogens is 1. The fourth-order valence-electron chi connectivity index (χ4n) is 1.49. The number of aromatic nitrogens is 2. The normalized spacial score (nSPS) is 10.2. The predicted octanol–water partition coefficient (Wildman–Crippen LogP) is 2.19. The molecule has 2 N–H and O–H groups in total. The van der Waals surface area contributed by atoms with E-state index < -0.39 is 5.82 Å². The summed E-state index contributed by atoms with van der Waals surface area (Å²) in [6.45, 7) is 5.33. The van der Waals surface area contributed by atoms with Crippen LogP contribution in [0.15, 0.2) is 6.20 Å². The van der Waals surface area contributed by atoms with Gasteiger partial charge in [0.05, 0.1) is 12.8 Å². The second-order valence-electron chi connectivity index (χ2n) is 4.15. The van der Waals surface area contributed by atoms with Gasteiger partial charge in [0.25, 0.3) is 0 Å². The Balaban J connectivity index is 2.40. The van der Waals surface area contributed by atoms with Crippen LogP contribution >= 0.6 is 0 Å². The third-order valence-electron chi connectivity index (χ3n) is 2.43. The van der Waals surface area contributed by atoms with Crippen molar-refractivity contribution >= 4 is 17.7 Å². The van der Waals surface area contributed by atoms with Gasteiger partial charge in [-0.25, -0.2) is 9.37 Å². The van der Waals surface area contributed by atoms with Crippen LogP contribution in [0.5, 0.6) is 0 Å². The van der Waals surface area contributed by atoms with Crippen LogP contribution in [0.2, 0.25) is 0 Å². The zero-order valence-electron chi connectivity index (χ0n) is 11.9. The number of esters is 1. The number of hydrogen-bond donors (Lipinski definition) is 2. The summed E-state index contributed by atoms with van der Waals surface area (Å²) in [5, 5.41) is 5.84. The minimum atomic E-state index is -0.511. The van der Waals surface area contributed by atoms with Crippen LogP contribution in [0.4, 0.5) is 16.2 Å². The van der Waals surface area contributed by atoms with Gasteiger partial charge in [-0.1, -0.05) is 6.92 Å². The molecule has 0 aliphatic heterocycles. The van der Waals surface area contributed by atoms with Gasteiger partial charge in [-0.05, 0) is 19.8 Å². The molecular weight excluding hydrogens is 263 g/mol. The van der Waals surface area contributed by atoms with E-state index >= 15 is 0 Å². The molecule has 0 radical (unpaired) electrons. The molecule has 6 nitrogen and oxygen atoms in total. The quantitative estimate of drug-likeness (QED) is 0.535. The Morgan fingerprint density at radius 3 is 2.85 bits per heavy atom. The molecule has 0 atom stereocenters. The van der Waals surface area contributed by atoms with Crippen LogP contribution in [-0.2, 0) is 9.53 Å². The maximum Gasteiger partial charge on any atom is 0.305 e. The zero-order chi connectivity index (χ0) is 14.8. The first-order chi connectivity index (χ1) is 9.67. The van der Waals surface area contributed by atoms with Crippen molar-refractivity contribution in [3.8, 4) is 0 Å². The molecule has 0 saturated carbocycles. The first-order valence-corrected chi connectivity index (χ1v) is 6.83. The summed E-state index contributed by atoms with van der Waals surface area (Å²) in [6, 6.07) is 0. The third-order valence-corrected chi connectivity index (χ3v) is 2.43. The first-order valence-electron chi connectivity index (χ1n) is 6.83. The summed E-state index contributed by atoms with van der Waals surface area (Å²) >= 11 is 0. The first kappa shape index (κ1) is 16.1. The average molecular weight is 284 g/mol. The number of anilines is 2. The molecule has 0 unspecified atom stereocenters. The second kappa shape index (κ2) is 9.06. The lowest BCUT2D eigenvalue weighted by Gasteiger charge is -2.08. The van der Waals surface area contributed by atoms with Crippen molar-refractivity contribution < 1.29 is 13.9 Å². The van der Waals surface area contributed by atoms with Gasteiger partial charge in [0.1, 0.15) is 0 Å². The Bertz CT molecular complexity index is 429. The number of nitrogens with one attached hydrogen (secondary N) is 2. The zero-order valence-corrected chi connectivity index (χ0v) is 11.9. The van der Waals surface area contributed by atoms with E-state index in [1.54, 1.807) is 6.92 Å². The fraction of sp³-hybridized carbons (Fsp3) is 0.615. The molecule has 0 aliphatic rings. The van der Waals surface area contributed by atoms with Gasteiger partial charge < -0.3 is 15.4 Å².